The SMILES string of the molecule is CC(C)CNC(=O)C(C)OC1CCC(CO)CC1. The largest absolute Gasteiger partial charge is 0.396 e. The van der Waals surface area contributed by atoms with E-state index in [1.54, 1.807) is 0 Å². The number of nitrogens with one attached hydrogen (secondary N) is 1. The molecule has 0 heterocycles. The fourth-order valence-electron chi connectivity index (χ4n) is 2.25. The first kappa shape index (κ1) is 15.4. The number of ether oxygens (including phenoxy) is 1. The van der Waals surface area contributed by atoms with Crippen LogP contribution in [-0.4, -0.2) is 36.4 Å². The molecule has 1 unspecified atom stereocenters. The zero-order valence-corrected chi connectivity index (χ0v) is 11.8. The van der Waals surface area contributed by atoms with E-state index in [2.05, 4.69) is 19.2 Å². The second kappa shape index (κ2) is 7.74. The lowest BCUT2D eigenvalue weighted by atomic mass is 9.88. The van der Waals surface area contributed by atoms with Crippen LogP contribution in [0, 0.1) is 11.8 Å². The molecule has 1 fully saturated rings. The molecule has 0 aromatic rings. The minimum absolute atomic E-state index is 0.0204. The van der Waals surface area contributed by atoms with Crippen molar-refractivity contribution in [2.24, 2.45) is 11.8 Å². The van der Waals surface area contributed by atoms with Crippen molar-refractivity contribution >= 4 is 5.91 Å². The van der Waals surface area contributed by atoms with Gasteiger partial charge in [0.25, 0.3) is 0 Å². The molecule has 1 rings (SSSR count). The van der Waals surface area contributed by atoms with E-state index in [4.69, 9.17) is 9.84 Å². The van der Waals surface area contributed by atoms with E-state index in [1.165, 1.54) is 0 Å². The number of amides is 1. The highest BCUT2D eigenvalue weighted by Gasteiger charge is 2.24. The molecular weight excluding hydrogens is 230 g/mol. The Bertz CT molecular complexity index is 247. The average Bonchev–Trinajstić information content (AvgIpc) is 2.36. The molecule has 1 aliphatic carbocycles. The van der Waals surface area contributed by atoms with E-state index in [-0.39, 0.29) is 24.7 Å². The number of hydrogen-bond donors (Lipinski definition) is 2. The van der Waals surface area contributed by atoms with Crippen molar-refractivity contribution in [2.45, 2.75) is 58.7 Å². The summed E-state index contributed by atoms with van der Waals surface area (Å²) in [6.45, 7) is 6.93. The molecule has 1 aliphatic rings. The Labute approximate surface area is 110 Å². The predicted octanol–water partition coefficient (Wildman–Crippen LogP) is 1.71. The van der Waals surface area contributed by atoms with E-state index in [1.807, 2.05) is 6.92 Å². The summed E-state index contributed by atoms with van der Waals surface area (Å²) in [5, 5.41) is 12.0. The Kier molecular flexibility index (Phi) is 6.65. The summed E-state index contributed by atoms with van der Waals surface area (Å²) in [6.07, 6.45) is 3.70. The molecule has 1 amide bonds. The maximum atomic E-state index is 11.8. The van der Waals surface area contributed by atoms with Crippen LogP contribution >= 0.6 is 0 Å². The number of aliphatic hydroxyl groups is 1. The van der Waals surface area contributed by atoms with E-state index in [0.717, 1.165) is 25.7 Å². The van der Waals surface area contributed by atoms with E-state index in [0.29, 0.717) is 18.4 Å². The second-order valence-corrected chi connectivity index (χ2v) is 5.74. The Morgan fingerprint density at radius 1 is 1.28 bits per heavy atom. The van der Waals surface area contributed by atoms with Crippen LogP contribution in [0.2, 0.25) is 0 Å². The Balaban J connectivity index is 2.23. The lowest BCUT2D eigenvalue weighted by Gasteiger charge is -2.29. The van der Waals surface area contributed by atoms with Gasteiger partial charge in [-0.15, -0.1) is 0 Å². The zero-order valence-electron chi connectivity index (χ0n) is 11.8. The first-order valence-electron chi connectivity index (χ1n) is 7.07. The highest BCUT2D eigenvalue weighted by atomic mass is 16.5. The van der Waals surface area contributed by atoms with E-state index < -0.39 is 0 Å². The molecule has 4 nitrogen and oxygen atoms in total. The molecule has 106 valence electrons. The summed E-state index contributed by atoms with van der Waals surface area (Å²) in [7, 11) is 0. The molecule has 0 radical (unpaired) electrons. The lowest BCUT2D eigenvalue weighted by molar-refractivity contribution is -0.137. The number of aliphatic hydroxyl groups excluding tert-OH is 1. The second-order valence-electron chi connectivity index (χ2n) is 5.74. The van der Waals surface area contributed by atoms with Gasteiger partial charge >= 0.3 is 0 Å². The van der Waals surface area contributed by atoms with Crippen LogP contribution in [0.5, 0.6) is 0 Å². The first-order chi connectivity index (χ1) is 8.52. The van der Waals surface area contributed by atoms with Crippen LogP contribution in [0.4, 0.5) is 0 Å². The quantitative estimate of drug-likeness (QED) is 0.761. The molecule has 0 aromatic heterocycles. The molecule has 0 aliphatic heterocycles. The molecule has 1 atom stereocenters. The molecule has 18 heavy (non-hydrogen) atoms. The van der Waals surface area contributed by atoms with Crippen molar-refractivity contribution in [2.75, 3.05) is 13.2 Å². The maximum absolute atomic E-state index is 11.8. The summed E-state index contributed by atoms with van der Waals surface area (Å²) >= 11 is 0. The third kappa shape index (κ3) is 5.36. The van der Waals surface area contributed by atoms with Gasteiger partial charge < -0.3 is 15.2 Å². The van der Waals surface area contributed by atoms with Crippen molar-refractivity contribution in [3.63, 3.8) is 0 Å². The van der Waals surface area contributed by atoms with Crippen molar-refractivity contribution in [1.82, 2.24) is 5.32 Å². The fraction of sp³-hybridized carbons (Fsp3) is 0.929. The average molecular weight is 257 g/mol. The van der Waals surface area contributed by atoms with Gasteiger partial charge in [-0.05, 0) is 44.4 Å². The summed E-state index contributed by atoms with van der Waals surface area (Å²) in [5.74, 6) is 0.865. The fourth-order valence-corrected chi connectivity index (χ4v) is 2.25. The molecule has 0 saturated heterocycles. The van der Waals surface area contributed by atoms with Crippen molar-refractivity contribution in [3.05, 3.63) is 0 Å². The van der Waals surface area contributed by atoms with Crippen LogP contribution in [0.1, 0.15) is 46.5 Å². The standard InChI is InChI=1S/C14H27NO3/c1-10(2)8-15-14(17)11(3)18-13-6-4-12(9-16)5-7-13/h10-13,16H,4-9H2,1-3H3,(H,15,17). The predicted molar refractivity (Wildman–Crippen MR) is 71.2 cm³/mol. The molecule has 0 aromatic carbocycles. The van der Waals surface area contributed by atoms with E-state index >= 15 is 0 Å². The number of carbonyl (C=O) groups excluding carboxylic acids is 1. The zero-order chi connectivity index (χ0) is 13.5. The normalized spacial score (nSPS) is 26.1. The highest BCUT2D eigenvalue weighted by molar-refractivity contribution is 5.80. The van der Waals surface area contributed by atoms with Gasteiger partial charge in [0, 0.05) is 13.2 Å². The van der Waals surface area contributed by atoms with Crippen molar-refractivity contribution in [1.29, 1.82) is 0 Å². The van der Waals surface area contributed by atoms with Gasteiger partial charge in [-0.3, -0.25) is 4.79 Å². The van der Waals surface area contributed by atoms with Crippen molar-refractivity contribution < 1.29 is 14.6 Å². The monoisotopic (exact) mass is 257 g/mol. The molecule has 0 spiro atoms. The van der Waals surface area contributed by atoms with Gasteiger partial charge in [-0.1, -0.05) is 13.8 Å². The summed E-state index contributed by atoms with van der Waals surface area (Å²) in [4.78, 5) is 11.8. The Morgan fingerprint density at radius 3 is 2.39 bits per heavy atom. The van der Waals surface area contributed by atoms with Gasteiger partial charge in [-0.25, -0.2) is 0 Å². The minimum atomic E-state index is -0.376. The highest BCUT2D eigenvalue weighted by Crippen LogP contribution is 2.26. The van der Waals surface area contributed by atoms with Crippen LogP contribution in [0.15, 0.2) is 0 Å². The summed E-state index contributed by atoms with van der Waals surface area (Å²) < 4.78 is 5.78. The maximum Gasteiger partial charge on any atom is 0.248 e. The smallest absolute Gasteiger partial charge is 0.248 e. The van der Waals surface area contributed by atoms with Gasteiger partial charge in [0.1, 0.15) is 6.10 Å². The Hall–Kier alpha value is -0.610. The topological polar surface area (TPSA) is 58.6 Å². The first-order valence-corrected chi connectivity index (χ1v) is 7.07. The Morgan fingerprint density at radius 2 is 1.89 bits per heavy atom. The van der Waals surface area contributed by atoms with Crippen LogP contribution < -0.4 is 5.32 Å². The van der Waals surface area contributed by atoms with E-state index in [9.17, 15) is 4.79 Å². The molecule has 0 bridgehead atoms. The number of carbonyl (C=O) groups is 1. The number of hydrogen-bond acceptors (Lipinski definition) is 3. The lowest BCUT2D eigenvalue weighted by Crippen LogP contribution is -2.39. The summed E-state index contributed by atoms with van der Waals surface area (Å²) in [6, 6.07) is 0. The molecule has 4 heteroatoms. The summed E-state index contributed by atoms with van der Waals surface area (Å²) in [5.41, 5.74) is 0. The number of rotatable bonds is 6. The molecular formula is C14H27NO3. The van der Waals surface area contributed by atoms with Gasteiger partial charge in [-0.2, -0.15) is 0 Å². The van der Waals surface area contributed by atoms with Gasteiger partial charge in [0.2, 0.25) is 5.91 Å². The molecule has 2 N–H and O–H groups in total. The van der Waals surface area contributed by atoms with Gasteiger partial charge in [0.05, 0.1) is 6.10 Å². The van der Waals surface area contributed by atoms with Crippen LogP contribution in [0.25, 0.3) is 0 Å². The van der Waals surface area contributed by atoms with Crippen LogP contribution in [-0.2, 0) is 9.53 Å². The third-order valence-electron chi connectivity index (χ3n) is 3.50. The van der Waals surface area contributed by atoms with Crippen LogP contribution in [0.3, 0.4) is 0 Å². The molecule has 1 saturated carbocycles. The van der Waals surface area contributed by atoms with Gasteiger partial charge in [0.15, 0.2) is 0 Å². The minimum Gasteiger partial charge on any atom is -0.396 e. The third-order valence-corrected chi connectivity index (χ3v) is 3.50. The van der Waals surface area contributed by atoms with Crippen molar-refractivity contribution in [3.8, 4) is 0 Å².